The summed E-state index contributed by atoms with van der Waals surface area (Å²) in [4.78, 5) is 14.5. The van der Waals surface area contributed by atoms with Crippen LogP contribution in [0.1, 0.15) is 32.3 Å². The zero-order chi connectivity index (χ0) is 16.9. The third-order valence-electron chi connectivity index (χ3n) is 4.77. The maximum atomic E-state index is 12.1. The molecule has 24 heavy (non-hydrogen) atoms. The predicted molar refractivity (Wildman–Crippen MR) is 93.0 cm³/mol. The van der Waals surface area contributed by atoms with Crippen LogP contribution in [0.3, 0.4) is 0 Å². The summed E-state index contributed by atoms with van der Waals surface area (Å²) in [5, 5.41) is 2.86. The van der Waals surface area contributed by atoms with Crippen LogP contribution in [0.5, 0.6) is 5.75 Å². The molecule has 132 valence electrons. The number of fused-ring (bicyclic) bond motifs is 3. The third kappa shape index (κ3) is 4.63. The maximum absolute atomic E-state index is 12.1. The van der Waals surface area contributed by atoms with Gasteiger partial charge in [-0.15, -0.1) is 0 Å². The zero-order valence-corrected chi connectivity index (χ0v) is 14.7. The monoisotopic (exact) mass is 332 g/mol. The van der Waals surface area contributed by atoms with E-state index in [0.29, 0.717) is 25.0 Å². The number of rotatable bonds is 6. The largest absolute Gasteiger partial charge is 0.493 e. The summed E-state index contributed by atoms with van der Waals surface area (Å²) in [6.07, 6.45) is 2.02. The van der Waals surface area contributed by atoms with Crippen LogP contribution in [-0.2, 0) is 11.3 Å². The summed E-state index contributed by atoms with van der Waals surface area (Å²) in [5.41, 5.74) is 1.02. The Balaban J connectivity index is 1.45. The molecule has 0 aromatic heterocycles. The highest BCUT2D eigenvalue weighted by Gasteiger charge is 2.36. The Morgan fingerprint density at radius 2 is 2.12 bits per heavy atom. The molecule has 4 rings (SSSR count). The van der Waals surface area contributed by atoms with Crippen molar-refractivity contribution in [3.63, 3.8) is 0 Å². The fourth-order valence-corrected chi connectivity index (χ4v) is 3.41. The maximum Gasteiger partial charge on any atom is 0.407 e. The number of hydrogen-bond donors (Lipinski definition) is 1. The molecule has 3 aliphatic heterocycles. The van der Waals surface area contributed by atoms with Crippen molar-refractivity contribution in [1.29, 1.82) is 0 Å². The molecule has 5 heteroatoms. The lowest BCUT2D eigenvalue weighted by Crippen LogP contribution is -2.52. The Morgan fingerprint density at radius 3 is 2.79 bits per heavy atom. The van der Waals surface area contributed by atoms with Crippen LogP contribution in [0.25, 0.3) is 0 Å². The minimum Gasteiger partial charge on any atom is -0.493 e. The van der Waals surface area contributed by atoms with Gasteiger partial charge in [-0.25, -0.2) is 4.79 Å². The molecule has 0 spiro atoms. The highest BCUT2D eigenvalue weighted by Crippen LogP contribution is 2.29. The van der Waals surface area contributed by atoms with Gasteiger partial charge in [0.15, 0.2) is 0 Å². The lowest BCUT2D eigenvalue weighted by atomic mass is 9.86. The number of benzene rings is 1. The molecule has 3 fully saturated rings. The minimum absolute atomic E-state index is 0.0493. The lowest BCUT2D eigenvalue weighted by Gasteiger charge is -2.43. The average molecular weight is 332 g/mol. The topological polar surface area (TPSA) is 50.8 Å². The first kappa shape index (κ1) is 17.1. The molecule has 1 N–H and O–H groups in total. The fraction of sp³-hybridized carbons (Fsp3) is 0.632. The van der Waals surface area contributed by atoms with Gasteiger partial charge >= 0.3 is 6.09 Å². The molecule has 0 radical (unpaired) electrons. The Kier molecular flexibility index (Phi) is 5.61. The van der Waals surface area contributed by atoms with Crippen LogP contribution in [0, 0.1) is 11.8 Å². The Morgan fingerprint density at radius 1 is 1.33 bits per heavy atom. The molecule has 3 saturated heterocycles. The number of hydrogen-bond acceptors (Lipinski definition) is 4. The van der Waals surface area contributed by atoms with Crippen LogP contribution in [0.4, 0.5) is 4.79 Å². The van der Waals surface area contributed by atoms with Gasteiger partial charge in [-0.05, 0) is 55.5 Å². The van der Waals surface area contributed by atoms with Gasteiger partial charge in [0.25, 0.3) is 0 Å². The smallest absolute Gasteiger partial charge is 0.407 e. The van der Waals surface area contributed by atoms with Crippen LogP contribution in [-0.4, -0.2) is 43.3 Å². The highest BCUT2D eigenvalue weighted by atomic mass is 16.6. The van der Waals surface area contributed by atoms with E-state index in [1.54, 1.807) is 0 Å². The lowest BCUT2D eigenvalue weighted by molar-refractivity contribution is -0.0332. The number of alkyl carbamates (subject to hydrolysis) is 1. The second-order valence-corrected chi connectivity index (χ2v) is 7.29. The van der Waals surface area contributed by atoms with Gasteiger partial charge in [-0.3, -0.25) is 4.90 Å². The van der Waals surface area contributed by atoms with Crippen molar-refractivity contribution in [2.45, 2.75) is 39.3 Å². The standard InChI is InChI=1S/C19H28N2O3/c1-14(2)13-23-17-5-3-4-15(10-17)11-20-19(22)24-18-12-21-8-6-16(18)7-9-21/h3-5,10,14,16,18H,6-9,11-13H2,1-2H3,(H,20,22). The van der Waals surface area contributed by atoms with E-state index in [1.807, 2.05) is 24.3 Å². The number of carbonyl (C=O) groups excluding carboxylic acids is 1. The Hall–Kier alpha value is -1.75. The Bertz CT molecular complexity index is 553. The minimum atomic E-state index is -0.317. The number of ether oxygens (including phenoxy) is 2. The zero-order valence-electron chi connectivity index (χ0n) is 14.7. The second kappa shape index (κ2) is 7.88. The van der Waals surface area contributed by atoms with Crippen LogP contribution in [0.15, 0.2) is 24.3 Å². The van der Waals surface area contributed by atoms with Crippen molar-refractivity contribution in [3.05, 3.63) is 29.8 Å². The molecule has 3 heterocycles. The van der Waals surface area contributed by atoms with Crippen LogP contribution >= 0.6 is 0 Å². The van der Waals surface area contributed by atoms with E-state index in [-0.39, 0.29) is 12.2 Å². The summed E-state index contributed by atoms with van der Waals surface area (Å²) in [6.45, 7) is 8.57. The summed E-state index contributed by atoms with van der Waals surface area (Å²) in [6, 6.07) is 7.84. The van der Waals surface area contributed by atoms with E-state index in [2.05, 4.69) is 24.1 Å². The van der Waals surface area contributed by atoms with Crippen molar-refractivity contribution in [1.82, 2.24) is 10.2 Å². The van der Waals surface area contributed by atoms with Gasteiger partial charge in [-0.1, -0.05) is 26.0 Å². The molecule has 1 amide bonds. The normalized spacial score (nSPS) is 25.5. The molecule has 0 saturated carbocycles. The number of piperidine rings is 3. The van der Waals surface area contributed by atoms with E-state index >= 15 is 0 Å². The molecule has 0 aliphatic carbocycles. The van der Waals surface area contributed by atoms with E-state index < -0.39 is 0 Å². The first-order chi connectivity index (χ1) is 11.6. The molecular weight excluding hydrogens is 304 g/mol. The molecule has 1 unspecified atom stereocenters. The first-order valence-corrected chi connectivity index (χ1v) is 8.98. The molecule has 5 nitrogen and oxygen atoms in total. The number of nitrogens with one attached hydrogen (secondary N) is 1. The van der Waals surface area contributed by atoms with Crippen molar-refractivity contribution in [2.24, 2.45) is 11.8 Å². The van der Waals surface area contributed by atoms with Crippen molar-refractivity contribution >= 4 is 6.09 Å². The number of nitrogens with zero attached hydrogens (tertiary/aromatic N) is 1. The molecule has 2 bridgehead atoms. The van der Waals surface area contributed by atoms with Crippen molar-refractivity contribution in [2.75, 3.05) is 26.2 Å². The van der Waals surface area contributed by atoms with Crippen LogP contribution in [0.2, 0.25) is 0 Å². The second-order valence-electron chi connectivity index (χ2n) is 7.29. The third-order valence-corrected chi connectivity index (χ3v) is 4.77. The van der Waals surface area contributed by atoms with Gasteiger partial charge in [0.2, 0.25) is 0 Å². The highest BCUT2D eigenvalue weighted by molar-refractivity contribution is 5.67. The van der Waals surface area contributed by atoms with Gasteiger partial charge in [0, 0.05) is 13.1 Å². The van der Waals surface area contributed by atoms with E-state index in [4.69, 9.17) is 9.47 Å². The number of amides is 1. The molecule has 3 aliphatic rings. The van der Waals surface area contributed by atoms with Crippen molar-refractivity contribution in [3.8, 4) is 5.75 Å². The SMILES string of the molecule is CC(C)COc1cccc(CNC(=O)OC2CN3CCC2CC3)c1. The molecule has 1 aromatic rings. The Labute approximate surface area is 144 Å². The number of carbonyl (C=O) groups is 1. The molecular formula is C19H28N2O3. The average Bonchev–Trinajstić information content (AvgIpc) is 2.60. The summed E-state index contributed by atoms with van der Waals surface area (Å²) < 4.78 is 11.4. The van der Waals surface area contributed by atoms with E-state index in [9.17, 15) is 4.79 Å². The fourth-order valence-electron chi connectivity index (χ4n) is 3.41. The molecule has 1 atom stereocenters. The van der Waals surface area contributed by atoms with E-state index in [0.717, 1.165) is 43.8 Å². The van der Waals surface area contributed by atoms with Gasteiger partial charge in [0.1, 0.15) is 11.9 Å². The summed E-state index contributed by atoms with van der Waals surface area (Å²) in [5.74, 6) is 1.87. The predicted octanol–water partition coefficient (Wildman–Crippen LogP) is 3.04. The van der Waals surface area contributed by atoms with Gasteiger partial charge in [-0.2, -0.15) is 0 Å². The quantitative estimate of drug-likeness (QED) is 0.870. The van der Waals surface area contributed by atoms with E-state index in [1.165, 1.54) is 0 Å². The first-order valence-electron chi connectivity index (χ1n) is 8.98. The molecule has 1 aromatic carbocycles. The van der Waals surface area contributed by atoms with Crippen LogP contribution < -0.4 is 10.1 Å². The van der Waals surface area contributed by atoms with Crippen molar-refractivity contribution < 1.29 is 14.3 Å². The van der Waals surface area contributed by atoms with Gasteiger partial charge in [0.05, 0.1) is 6.61 Å². The summed E-state index contributed by atoms with van der Waals surface area (Å²) in [7, 11) is 0. The summed E-state index contributed by atoms with van der Waals surface area (Å²) >= 11 is 0. The van der Waals surface area contributed by atoms with Gasteiger partial charge < -0.3 is 14.8 Å².